The van der Waals surface area contributed by atoms with Gasteiger partial charge in [-0.25, -0.2) is 4.79 Å². The number of unbranched alkanes of at least 4 members (excludes halogenated alkanes) is 1. The Balaban J connectivity index is 1.66. The van der Waals surface area contributed by atoms with Crippen molar-refractivity contribution in [2.45, 2.75) is 32.2 Å². The van der Waals surface area contributed by atoms with E-state index < -0.39 is 0 Å². The van der Waals surface area contributed by atoms with Crippen LogP contribution in [-0.2, 0) is 4.79 Å². The highest BCUT2D eigenvalue weighted by Gasteiger charge is 2.32. The highest BCUT2D eigenvalue weighted by molar-refractivity contribution is 5.98. The lowest BCUT2D eigenvalue weighted by atomic mass is 10.2. The molecule has 0 saturated carbocycles. The monoisotopic (exact) mass is 381 g/mol. The minimum absolute atomic E-state index is 0.00952. The summed E-state index contributed by atoms with van der Waals surface area (Å²) in [5.74, 6) is 0.755. The van der Waals surface area contributed by atoms with Gasteiger partial charge in [0.2, 0.25) is 5.91 Å². The molecule has 3 amide bonds. The molecule has 2 aromatic carbocycles. The van der Waals surface area contributed by atoms with E-state index in [4.69, 9.17) is 4.74 Å². The second-order valence-corrected chi connectivity index (χ2v) is 6.89. The molecule has 6 nitrogen and oxygen atoms in total. The first-order valence-corrected chi connectivity index (χ1v) is 9.70. The summed E-state index contributed by atoms with van der Waals surface area (Å²) in [6.07, 6.45) is 2.22. The zero-order valence-electron chi connectivity index (χ0n) is 16.4. The maximum absolute atomic E-state index is 12.9. The fraction of sp³-hybridized carbons (Fsp3) is 0.364. The Morgan fingerprint density at radius 3 is 2.54 bits per heavy atom. The second-order valence-electron chi connectivity index (χ2n) is 6.89. The standard InChI is InChI=1S/C22H27N3O3/c1-3-4-14-24(18-8-6-5-7-9-18)22(27)23-17-15-21(26)25(16-17)19-10-12-20(28-2)13-11-19/h5-13,17H,3-4,14-16H2,1-2H3,(H,23,27)/t17-/m1/s1. The highest BCUT2D eigenvalue weighted by Crippen LogP contribution is 2.24. The minimum Gasteiger partial charge on any atom is -0.497 e. The number of hydrogen-bond donors (Lipinski definition) is 1. The Kier molecular flexibility index (Phi) is 6.53. The number of rotatable bonds is 7. The van der Waals surface area contributed by atoms with Gasteiger partial charge in [0.1, 0.15) is 5.75 Å². The topological polar surface area (TPSA) is 61.9 Å². The molecule has 1 N–H and O–H groups in total. The maximum Gasteiger partial charge on any atom is 0.322 e. The number of benzene rings is 2. The molecule has 1 fully saturated rings. The second kappa shape index (κ2) is 9.26. The number of ether oxygens (including phenoxy) is 1. The van der Waals surface area contributed by atoms with Crippen LogP contribution < -0.4 is 19.9 Å². The summed E-state index contributed by atoms with van der Waals surface area (Å²) in [6.45, 7) is 3.21. The molecule has 1 atom stereocenters. The Labute approximate surface area is 166 Å². The number of carbonyl (C=O) groups is 2. The molecule has 1 aliphatic heterocycles. The van der Waals surface area contributed by atoms with Crippen LogP contribution in [0.3, 0.4) is 0 Å². The van der Waals surface area contributed by atoms with E-state index >= 15 is 0 Å². The number of hydrogen-bond acceptors (Lipinski definition) is 3. The Hall–Kier alpha value is -3.02. The Morgan fingerprint density at radius 1 is 1.18 bits per heavy atom. The van der Waals surface area contributed by atoms with E-state index in [-0.39, 0.29) is 18.0 Å². The molecule has 0 aromatic heterocycles. The minimum atomic E-state index is -0.213. The molecule has 148 valence electrons. The average molecular weight is 381 g/mol. The van der Waals surface area contributed by atoms with Crippen LogP contribution in [0.4, 0.5) is 16.2 Å². The van der Waals surface area contributed by atoms with Crippen LogP contribution in [0.15, 0.2) is 54.6 Å². The Bertz CT molecular complexity index is 792. The molecule has 0 unspecified atom stereocenters. The number of carbonyl (C=O) groups excluding carboxylic acids is 2. The molecule has 28 heavy (non-hydrogen) atoms. The van der Waals surface area contributed by atoms with Gasteiger partial charge < -0.3 is 15.0 Å². The molecular weight excluding hydrogens is 354 g/mol. The summed E-state index contributed by atoms with van der Waals surface area (Å²) in [4.78, 5) is 28.8. The zero-order chi connectivity index (χ0) is 19.9. The number of urea groups is 1. The van der Waals surface area contributed by atoms with Crippen molar-refractivity contribution < 1.29 is 14.3 Å². The smallest absolute Gasteiger partial charge is 0.322 e. The lowest BCUT2D eigenvalue weighted by molar-refractivity contribution is -0.117. The van der Waals surface area contributed by atoms with Crippen molar-refractivity contribution in [2.75, 3.05) is 30.0 Å². The van der Waals surface area contributed by atoms with Crippen LogP contribution in [-0.4, -0.2) is 38.2 Å². The quantitative estimate of drug-likeness (QED) is 0.793. The zero-order valence-corrected chi connectivity index (χ0v) is 16.4. The summed E-state index contributed by atoms with van der Waals surface area (Å²) in [5.41, 5.74) is 1.68. The van der Waals surface area contributed by atoms with Crippen LogP contribution in [0, 0.1) is 0 Å². The maximum atomic E-state index is 12.9. The first kappa shape index (κ1) is 19.7. The molecule has 1 heterocycles. The van der Waals surface area contributed by atoms with Crippen molar-refractivity contribution in [2.24, 2.45) is 0 Å². The highest BCUT2D eigenvalue weighted by atomic mass is 16.5. The van der Waals surface area contributed by atoms with Gasteiger partial charge in [-0.15, -0.1) is 0 Å². The number of anilines is 2. The lowest BCUT2D eigenvalue weighted by Crippen LogP contribution is -2.46. The van der Waals surface area contributed by atoms with Crippen molar-refractivity contribution in [1.82, 2.24) is 5.32 Å². The third kappa shape index (κ3) is 4.63. The van der Waals surface area contributed by atoms with Crippen LogP contribution in [0.25, 0.3) is 0 Å². The van der Waals surface area contributed by atoms with Crippen molar-refractivity contribution in [3.8, 4) is 5.75 Å². The molecular formula is C22H27N3O3. The fourth-order valence-corrected chi connectivity index (χ4v) is 3.34. The van der Waals surface area contributed by atoms with E-state index in [9.17, 15) is 9.59 Å². The van der Waals surface area contributed by atoms with Gasteiger partial charge in [0.25, 0.3) is 0 Å². The Morgan fingerprint density at radius 2 is 1.89 bits per heavy atom. The molecule has 2 aromatic rings. The summed E-state index contributed by atoms with van der Waals surface area (Å²) in [5, 5.41) is 3.04. The summed E-state index contributed by atoms with van der Waals surface area (Å²) in [6, 6.07) is 16.6. The van der Waals surface area contributed by atoms with Gasteiger partial charge in [0, 0.05) is 30.9 Å². The number of nitrogens with one attached hydrogen (secondary N) is 1. The summed E-state index contributed by atoms with van der Waals surface area (Å²) >= 11 is 0. The van der Waals surface area contributed by atoms with Crippen molar-refractivity contribution >= 4 is 23.3 Å². The van der Waals surface area contributed by atoms with Crippen LogP contribution in [0.5, 0.6) is 5.75 Å². The van der Waals surface area contributed by atoms with Crippen LogP contribution >= 0.6 is 0 Å². The van der Waals surface area contributed by atoms with E-state index in [1.165, 1.54) is 0 Å². The average Bonchev–Trinajstić information content (AvgIpc) is 3.09. The van der Waals surface area contributed by atoms with Crippen LogP contribution in [0.1, 0.15) is 26.2 Å². The van der Waals surface area contributed by atoms with E-state index in [0.717, 1.165) is 30.0 Å². The fourth-order valence-electron chi connectivity index (χ4n) is 3.34. The molecule has 3 rings (SSSR count). The first-order chi connectivity index (χ1) is 13.6. The largest absolute Gasteiger partial charge is 0.497 e. The number of para-hydroxylation sites is 1. The van der Waals surface area contributed by atoms with Gasteiger partial charge in [-0.05, 0) is 42.8 Å². The summed E-state index contributed by atoms with van der Waals surface area (Å²) in [7, 11) is 1.61. The third-order valence-corrected chi connectivity index (χ3v) is 4.89. The van der Waals surface area contributed by atoms with Gasteiger partial charge in [-0.2, -0.15) is 0 Å². The number of nitrogens with zero attached hydrogens (tertiary/aromatic N) is 2. The molecule has 0 spiro atoms. The SMILES string of the molecule is CCCCN(C(=O)N[C@@H]1CC(=O)N(c2ccc(OC)cc2)C1)c1ccccc1. The van der Waals surface area contributed by atoms with Gasteiger partial charge in [0.15, 0.2) is 0 Å². The lowest BCUT2D eigenvalue weighted by Gasteiger charge is -2.25. The molecule has 0 bridgehead atoms. The first-order valence-electron chi connectivity index (χ1n) is 9.70. The van der Waals surface area contributed by atoms with E-state index in [0.29, 0.717) is 19.5 Å². The predicted octanol–water partition coefficient (Wildman–Crippen LogP) is 3.82. The van der Waals surface area contributed by atoms with Crippen molar-refractivity contribution in [3.63, 3.8) is 0 Å². The molecule has 0 radical (unpaired) electrons. The molecule has 1 saturated heterocycles. The van der Waals surface area contributed by atoms with Crippen molar-refractivity contribution in [3.05, 3.63) is 54.6 Å². The van der Waals surface area contributed by atoms with Crippen LogP contribution in [0.2, 0.25) is 0 Å². The molecule has 0 aliphatic carbocycles. The van der Waals surface area contributed by atoms with E-state index in [1.54, 1.807) is 16.9 Å². The van der Waals surface area contributed by atoms with Gasteiger partial charge in [-0.1, -0.05) is 31.5 Å². The van der Waals surface area contributed by atoms with Gasteiger partial charge in [-0.3, -0.25) is 9.69 Å². The number of methoxy groups -OCH3 is 1. The third-order valence-electron chi connectivity index (χ3n) is 4.89. The van der Waals surface area contributed by atoms with Gasteiger partial charge in [0.05, 0.1) is 13.2 Å². The van der Waals surface area contributed by atoms with Gasteiger partial charge >= 0.3 is 6.03 Å². The van der Waals surface area contributed by atoms with E-state index in [1.807, 2.05) is 54.6 Å². The predicted molar refractivity (Wildman–Crippen MR) is 111 cm³/mol. The molecule has 6 heteroatoms. The van der Waals surface area contributed by atoms with E-state index in [2.05, 4.69) is 12.2 Å². The number of amides is 3. The van der Waals surface area contributed by atoms with Crippen molar-refractivity contribution in [1.29, 1.82) is 0 Å². The molecule has 1 aliphatic rings. The normalized spacial score (nSPS) is 16.1. The summed E-state index contributed by atoms with van der Waals surface area (Å²) < 4.78 is 5.17.